The van der Waals surface area contributed by atoms with E-state index in [9.17, 15) is 0 Å². The average Bonchev–Trinajstić information content (AvgIpc) is 3.01. The van der Waals surface area contributed by atoms with Crippen LogP contribution in [0.3, 0.4) is 0 Å². The highest BCUT2D eigenvalue weighted by Gasteiger charge is 2.24. The van der Waals surface area contributed by atoms with Gasteiger partial charge in [0.2, 0.25) is 5.89 Å². The van der Waals surface area contributed by atoms with Crippen LogP contribution in [0, 0.1) is 6.92 Å². The Bertz CT molecular complexity index is 845. The second-order valence-electron chi connectivity index (χ2n) is 5.68. The van der Waals surface area contributed by atoms with E-state index in [2.05, 4.69) is 20.9 Å². The minimum atomic E-state index is 0.591. The van der Waals surface area contributed by atoms with Gasteiger partial charge in [-0.2, -0.15) is 0 Å². The summed E-state index contributed by atoms with van der Waals surface area (Å²) in [6.07, 6.45) is 2.57. The van der Waals surface area contributed by atoms with Crippen LogP contribution in [-0.4, -0.2) is 16.5 Å². The highest BCUT2D eigenvalue weighted by molar-refractivity contribution is 6.34. The molecule has 0 spiro atoms. The molecule has 0 amide bonds. The first-order valence-electron chi connectivity index (χ1n) is 7.62. The number of hydrogen-bond acceptors (Lipinski definition) is 4. The van der Waals surface area contributed by atoms with Gasteiger partial charge in [0.15, 0.2) is 0 Å². The second kappa shape index (κ2) is 5.70. The Labute approximate surface area is 139 Å². The monoisotopic (exact) mass is 325 g/mol. The average molecular weight is 326 g/mol. The van der Waals surface area contributed by atoms with Gasteiger partial charge < -0.3 is 9.32 Å². The fraction of sp³-hybridized carbons (Fsp3) is 0.222. The lowest BCUT2D eigenvalue weighted by atomic mass is 10.1. The van der Waals surface area contributed by atoms with E-state index in [1.54, 1.807) is 6.20 Å². The molecule has 0 unspecified atom stereocenters. The number of aromatic nitrogens is 2. The third-order valence-electron chi connectivity index (χ3n) is 4.12. The predicted molar refractivity (Wildman–Crippen MR) is 90.7 cm³/mol. The highest BCUT2D eigenvalue weighted by atomic mass is 35.5. The fourth-order valence-electron chi connectivity index (χ4n) is 2.88. The van der Waals surface area contributed by atoms with Crippen LogP contribution in [0.5, 0.6) is 0 Å². The number of aryl methyl sites for hydroxylation is 1. The first-order valence-corrected chi connectivity index (χ1v) is 8.00. The molecule has 0 atom stereocenters. The number of anilines is 1. The molecule has 3 heterocycles. The number of hydrogen-bond donors (Lipinski definition) is 0. The van der Waals surface area contributed by atoms with E-state index in [0.29, 0.717) is 12.4 Å². The quantitative estimate of drug-likeness (QED) is 0.706. The van der Waals surface area contributed by atoms with Crippen molar-refractivity contribution >= 4 is 17.3 Å². The van der Waals surface area contributed by atoms with Gasteiger partial charge in [0.1, 0.15) is 17.1 Å². The fourth-order valence-corrected chi connectivity index (χ4v) is 3.12. The molecular weight excluding hydrogens is 310 g/mol. The van der Waals surface area contributed by atoms with Crippen molar-refractivity contribution in [2.45, 2.75) is 19.9 Å². The maximum Gasteiger partial charge on any atom is 0.245 e. The molecule has 2 aromatic heterocycles. The molecule has 0 bridgehead atoms. The molecule has 1 aromatic carbocycles. The van der Waals surface area contributed by atoms with Crippen molar-refractivity contribution in [3.8, 4) is 11.6 Å². The molecule has 1 aliphatic rings. The third-order valence-corrected chi connectivity index (χ3v) is 4.62. The zero-order valence-corrected chi connectivity index (χ0v) is 13.5. The van der Waals surface area contributed by atoms with E-state index in [-0.39, 0.29) is 0 Å². The lowest BCUT2D eigenvalue weighted by molar-refractivity contribution is 0.498. The van der Waals surface area contributed by atoms with Crippen LogP contribution >= 0.6 is 11.6 Å². The Kier molecular flexibility index (Phi) is 3.54. The Balaban J connectivity index is 1.65. The first kappa shape index (κ1) is 14.3. The van der Waals surface area contributed by atoms with E-state index >= 15 is 0 Å². The summed E-state index contributed by atoms with van der Waals surface area (Å²) in [6.45, 7) is 3.60. The summed E-state index contributed by atoms with van der Waals surface area (Å²) < 4.78 is 5.90. The molecule has 0 radical (unpaired) electrons. The zero-order chi connectivity index (χ0) is 15.8. The number of halogens is 1. The van der Waals surface area contributed by atoms with Crippen LogP contribution < -0.4 is 4.90 Å². The van der Waals surface area contributed by atoms with E-state index in [4.69, 9.17) is 16.0 Å². The molecule has 3 aromatic rings. The SMILES string of the molecule is Cc1cccc(N2CCc3oc(-c4ccccn4)nc3C2)c1Cl. The second-order valence-corrected chi connectivity index (χ2v) is 6.06. The third kappa shape index (κ3) is 2.59. The number of fused-ring (bicyclic) bond motifs is 1. The normalized spacial score (nSPS) is 13.9. The van der Waals surface area contributed by atoms with Crippen LogP contribution in [-0.2, 0) is 13.0 Å². The van der Waals surface area contributed by atoms with Crippen molar-refractivity contribution in [1.82, 2.24) is 9.97 Å². The van der Waals surface area contributed by atoms with Crippen molar-refractivity contribution in [3.63, 3.8) is 0 Å². The molecular formula is C18H16ClN3O. The van der Waals surface area contributed by atoms with Gasteiger partial charge in [-0.25, -0.2) is 4.98 Å². The Morgan fingerprint density at radius 3 is 2.91 bits per heavy atom. The Morgan fingerprint density at radius 1 is 1.17 bits per heavy atom. The maximum atomic E-state index is 6.46. The molecule has 23 heavy (non-hydrogen) atoms. The number of rotatable bonds is 2. The van der Waals surface area contributed by atoms with E-state index < -0.39 is 0 Å². The van der Waals surface area contributed by atoms with Crippen LogP contribution in [0.1, 0.15) is 17.0 Å². The number of benzene rings is 1. The van der Waals surface area contributed by atoms with Crippen molar-refractivity contribution < 1.29 is 4.42 Å². The van der Waals surface area contributed by atoms with Crippen molar-refractivity contribution in [3.05, 3.63) is 64.6 Å². The summed E-state index contributed by atoms with van der Waals surface area (Å²) in [5.74, 6) is 1.54. The summed E-state index contributed by atoms with van der Waals surface area (Å²) in [5, 5.41) is 0.810. The molecule has 1 aliphatic heterocycles. The molecule has 5 heteroatoms. The molecule has 116 valence electrons. The van der Waals surface area contributed by atoms with E-state index in [0.717, 1.165) is 46.4 Å². The minimum absolute atomic E-state index is 0.591. The largest absolute Gasteiger partial charge is 0.439 e. The van der Waals surface area contributed by atoms with Gasteiger partial charge in [0.05, 0.1) is 17.3 Å². The van der Waals surface area contributed by atoms with Crippen LogP contribution in [0.2, 0.25) is 5.02 Å². The molecule has 0 fully saturated rings. The highest BCUT2D eigenvalue weighted by Crippen LogP contribution is 2.33. The first-order chi connectivity index (χ1) is 11.2. The summed E-state index contributed by atoms with van der Waals surface area (Å²) in [7, 11) is 0. The molecule has 0 saturated carbocycles. The van der Waals surface area contributed by atoms with Crippen molar-refractivity contribution in [2.24, 2.45) is 0 Å². The summed E-state index contributed by atoms with van der Waals surface area (Å²) in [5.41, 5.74) is 3.88. The summed E-state index contributed by atoms with van der Waals surface area (Å²) >= 11 is 6.46. The zero-order valence-electron chi connectivity index (χ0n) is 12.8. The molecule has 4 rings (SSSR count). The number of oxazole rings is 1. The molecule has 0 saturated heterocycles. The van der Waals surface area contributed by atoms with Gasteiger partial charge in [-0.1, -0.05) is 29.8 Å². The smallest absolute Gasteiger partial charge is 0.245 e. The van der Waals surface area contributed by atoms with Crippen LogP contribution in [0.4, 0.5) is 5.69 Å². The maximum absolute atomic E-state index is 6.46. The lowest BCUT2D eigenvalue weighted by Crippen LogP contribution is -2.30. The minimum Gasteiger partial charge on any atom is -0.439 e. The molecule has 4 nitrogen and oxygen atoms in total. The van der Waals surface area contributed by atoms with Gasteiger partial charge in [-0.05, 0) is 30.7 Å². The summed E-state index contributed by atoms with van der Waals surface area (Å²) in [6, 6.07) is 11.8. The number of nitrogens with zero attached hydrogens (tertiary/aromatic N) is 3. The van der Waals surface area contributed by atoms with Crippen molar-refractivity contribution in [2.75, 3.05) is 11.4 Å². The van der Waals surface area contributed by atoms with E-state index in [1.165, 1.54) is 0 Å². The van der Waals surface area contributed by atoms with Gasteiger partial charge in [-0.3, -0.25) is 4.98 Å². The van der Waals surface area contributed by atoms with Crippen LogP contribution in [0.25, 0.3) is 11.6 Å². The van der Waals surface area contributed by atoms with Gasteiger partial charge in [0, 0.05) is 19.2 Å². The summed E-state index contributed by atoms with van der Waals surface area (Å²) in [4.78, 5) is 11.2. The van der Waals surface area contributed by atoms with E-state index in [1.807, 2.05) is 37.3 Å². The predicted octanol–water partition coefficient (Wildman–Crippen LogP) is 4.26. The van der Waals surface area contributed by atoms with Crippen molar-refractivity contribution in [1.29, 1.82) is 0 Å². The topological polar surface area (TPSA) is 42.2 Å². The molecule has 0 aliphatic carbocycles. The molecule has 0 N–H and O–H groups in total. The van der Waals surface area contributed by atoms with Gasteiger partial charge >= 0.3 is 0 Å². The standard InChI is InChI=1S/C18H16ClN3O/c1-12-5-4-7-15(17(12)19)22-10-8-16-14(11-22)21-18(23-16)13-6-2-3-9-20-13/h2-7,9H,8,10-11H2,1H3. The lowest BCUT2D eigenvalue weighted by Gasteiger charge is -2.28. The number of pyridine rings is 1. The van der Waals surface area contributed by atoms with Gasteiger partial charge in [-0.15, -0.1) is 0 Å². The van der Waals surface area contributed by atoms with Gasteiger partial charge in [0.25, 0.3) is 0 Å². The van der Waals surface area contributed by atoms with Crippen LogP contribution in [0.15, 0.2) is 47.0 Å². The Hall–Kier alpha value is -2.33. The Morgan fingerprint density at radius 2 is 2.09 bits per heavy atom.